The number of benzene rings is 3. The van der Waals surface area contributed by atoms with Gasteiger partial charge in [-0.25, -0.2) is 0 Å². The van der Waals surface area contributed by atoms with Crippen LogP contribution in [0.15, 0.2) is 66.2 Å². The molecule has 0 bridgehead atoms. The van der Waals surface area contributed by atoms with Gasteiger partial charge in [-0.2, -0.15) is 5.26 Å². The first kappa shape index (κ1) is 24.9. The lowest BCUT2D eigenvalue weighted by atomic mass is 10.1. The second kappa shape index (κ2) is 11.4. The molecule has 0 radical (unpaired) electrons. The first-order valence-electron chi connectivity index (χ1n) is 9.31. The van der Waals surface area contributed by atoms with Gasteiger partial charge in [-0.15, -0.1) is 0 Å². The first-order chi connectivity index (χ1) is 15.8. The molecule has 3 aromatic rings. The Morgan fingerprint density at radius 2 is 1.82 bits per heavy atom. The van der Waals surface area contributed by atoms with Crippen LogP contribution in [-0.2, 0) is 11.4 Å². The fraction of sp³-hybridized carbons (Fsp3) is 0.0435. The molecule has 0 unspecified atom stereocenters. The van der Waals surface area contributed by atoms with Gasteiger partial charge in [0, 0.05) is 11.1 Å². The minimum Gasteiger partial charge on any atom is -0.487 e. The Morgan fingerprint density at radius 1 is 1.15 bits per heavy atom. The predicted octanol–water partition coefficient (Wildman–Crippen LogP) is 6.58. The highest BCUT2D eigenvalue weighted by molar-refractivity contribution is 14.1. The molecule has 1 amide bonds. The highest BCUT2D eigenvalue weighted by Crippen LogP contribution is 2.31. The summed E-state index contributed by atoms with van der Waals surface area (Å²) in [4.78, 5) is 23.2. The van der Waals surface area contributed by atoms with Gasteiger partial charge < -0.3 is 10.1 Å². The number of ether oxygens (including phenoxy) is 1. The van der Waals surface area contributed by atoms with Crippen molar-refractivity contribution in [3.05, 3.63) is 99.6 Å². The number of nitriles is 1. The molecular formula is C23H14ClI2N3O4. The van der Waals surface area contributed by atoms with Gasteiger partial charge in [0.25, 0.3) is 11.6 Å². The zero-order chi connectivity index (χ0) is 24.0. The lowest BCUT2D eigenvalue weighted by Gasteiger charge is -2.12. The van der Waals surface area contributed by atoms with Crippen molar-refractivity contribution in [2.45, 2.75) is 6.61 Å². The summed E-state index contributed by atoms with van der Waals surface area (Å²) in [5.41, 5.74) is 1.03. The number of rotatable bonds is 7. The van der Waals surface area contributed by atoms with Gasteiger partial charge in [-0.3, -0.25) is 14.9 Å². The van der Waals surface area contributed by atoms with Gasteiger partial charge in [-0.05, 0) is 86.7 Å². The molecule has 0 heterocycles. The Kier molecular flexibility index (Phi) is 8.65. The molecule has 0 aliphatic carbocycles. The van der Waals surface area contributed by atoms with E-state index in [9.17, 15) is 20.2 Å². The summed E-state index contributed by atoms with van der Waals surface area (Å²) in [6.07, 6.45) is 1.42. The smallest absolute Gasteiger partial charge is 0.294 e. The van der Waals surface area contributed by atoms with Gasteiger partial charge in [0.05, 0.1) is 12.1 Å². The molecule has 0 atom stereocenters. The molecule has 10 heteroatoms. The van der Waals surface area contributed by atoms with Crippen molar-refractivity contribution < 1.29 is 14.5 Å². The van der Waals surface area contributed by atoms with E-state index in [1.165, 1.54) is 18.2 Å². The van der Waals surface area contributed by atoms with Crippen molar-refractivity contribution in [2.24, 2.45) is 0 Å². The molecule has 166 valence electrons. The van der Waals surface area contributed by atoms with Crippen LogP contribution in [-0.4, -0.2) is 10.8 Å². The Hall–Kier alpha value is -2.69. The van der Waals surface area contributed by atoms with E-state index in [4.69, 9.17) is 16.3 Å². The van der Waals surface area contributed by atoms with Crippen LogP contribution in [0.1, 0.15) is 11.1 Å². The lowest BCUT2D eigenvalue weighted by molar-refractivity contribution is -0.383. The van der Waals surface area contributed by atoms with E-state index in [0.717, 1.165) is 18.8 Å². The van der Waals surface area contributed by atoms with Crippen molar-refractivity contribution in [1.82, 2.24) is 0 Å². The zero-order valence-electron chi connectivity index (χ0n) is 16.7. The molecule has 0 spiro atoms. The molecule has 0 saturated heterocycles. The van der Waals surface area contributed by atoms with Crippen LogP contribution in [0, 0.1) is 28.6 Å². The highest BCUT2D eigenvalue weighted by Gasteiger charge is 2.19. The molecule has 1 N–H and O–H groups in total. The molecule has 7 nitrogen and oxygen atoms in total. The summed E-state index contributed by atoms with van der Waals surface area (Å²) in [5, 5.41) is 23.3. The molecule has 0 aromatic heterocycles. The normalized spacial score (nSPS) is 10.9. The van der Waals surface area contributed by atoms with Gasteiger partial charge in [0.2, 0.25) is 0 Å². The van der Waals surface area contributed by atoms with Crippen LogP contribution in [0.4, 0.5) is 11.4 Å². The number of anilines is 1. The fourth-order valence-corrected chi connectivity index (χ4v) is 5.09. The van der Waals surface area contributed by atoms with Crippen LogP contribution in [0.5, 0.6) is 5.75 Å². The van der Waals surface area contributed by atoms with E-state index in [2.05, 4.69) is 50.5 Å². The number of carbonyl (C=O) groups excluding carboxylic acids is 1. The Morgan fingerprint density at radius 3 is 2.42 bits per heavy atom. The van der Waals surface area contributed by atoms with Crippen LogP contribution >= 0.6 is 56.8 Å². The summed E-state index contributed by atoms with van der Waals surface area (Å²) in [6, 6.07) is 19.1. The molecular weight excluding hydrogens is 672 g/mol. The number of amides is 1. The third-order valence-corrected chi connectivity index (χ3v) is 6.17. The maximum atomic E-state index is 12.6. The number of hydrogen-bond donors (Lipinski definition) is 1. The first-order valence-corrected chi connectivity index (χ1v) is 11.8. The second-order valence-corrected chi connectivity index (χ2v) is 9.39. The van der Waals surface area contributed by atoms with E-state index < -0.39 is 10.8 Å². The molecule has 3 rings (SSSR count). The van der Waals surface area contributed by atoms with E-state index >= 15 is 0 Å². The SMILES string of the molecule is N#CC(=Cc1cc(I)c(OCc2ccccc2)c(I)c1)C(=O)Nc1ccc(Cl)cc1[N+](=O)[O-]. The largest absolute Gasteiger partial charge is 0.487 e. The van der Waals surface area contributed by atoms with E-state index in [1.54, 1.807) is 12.1 Å². The van der Waals surface area contributed by atoms with E-state index in [-0.39, 0.29) is 22.0 Å². The monoisotopic (exact) mass is 685 g/mol. The van der Waals surface area contributed by atoms with Crippen molar-refractivity contribution in [1.29, 1.82) is 5.26 Å². The summed E-state index contributed by atoms with van der Waals surface area (Å²) >= 11 is 10.1. The van der Waals surface area contributed by atoms with Gasteiger partial charge in [0.1, 0.15) is 29.7 Å². The molecule has 0 fully saturated rings. The summed E-state index contributed by atoms with van der Waals surface area (Å²) in [5.74, 6) is -0.0608. The number of halogens is 3. The summed E-state index contributed by atoms with van der Waals surface area (Å²) in [6.45, 7) is 0.410. The van der Waals surface area contributed by atoms with Gasteiger partial charge in [-0.1, -0.05) is 41.9 Å². The minimum absolute atomic E-state index is 0.0515. The van der Waals surface area contributed by atoms with E-state index in [0.29, 0.717) is 17.9 Å². The number of nitro benzene ring substituents is 1. The summed E-state index contributed by atoms with van der Waals surface area (Å²) in [7, 11) is 0. The standard InChI is InChI=1S/C23H14ClI2N3O4/c24-17-6-7-20(21(11-17)29(31)32)28-23(30)16(12-27)8-15-9-18(25)22(19(26)10-15)33-13-14-4-2-1-3-5-14/h1-11H,13H2,(H,28,30). The van der Waals surface area contributed by atoms with Crippen molar-refractivity contribution in [2.75, 3.05) is 5.32 Å². The third kappa shape index (κ3) is 6.66. The van der Waals surface area contributed by atoms with Crippen LogP contribution in [0.2, 0.25) is 5.02 Å². The second-order valence-electron chi connectivity index (χ2n) is 6.63. The molecule has 3 aromatic carbocycles. The zero-order valence-corrected chi connectivity index (χ0v) is 21.8. The highest BCUT2D eigenvalue weighted by atomic mass is 127. The maximum absolute atomic E-state index is 12.6. The quantitative estimate of drug-likeness (QED) is 0.0995. The molecule has 0 saturated carbocycles. The van der Waals surface area contributed by atoms with Crippen LogP contribution in [0.25, 0.3) is 6.08 Å². The third-order valence-electron chi connectivity index (χ3n) is 4.33. The minimum atomic E-state index is -0.766. The number of nitrogens with zero attached hydrogens (tertiary/aromatic N) is 2. The van der Waals surface area contributed by atoms with Crippen molar-refractivity contribution in [3.8, 4) is 11.8 Å². The Bertz CT molecular complexity index is 1270. The number of nitrogens with one attached hydrogen (secondary N) is 1. The number of carbonyl (C=O) groups is 1. The topological polar surface area (TPSA) is 105 Å². The summed E-state index contributed by atoms with van der Waals surface area (Å²) < 4.78 is 7.58. The van der Waals surface area contributed by atoms with Crippen LogP contribution in [0.3, 0.4) is 0 Å². The van der Waals surface area contributed by atoms with Gasteiger partial charge >= 0.3 is 0 Å². The lowest BCUT2D eigenvalue weighted by Crippen LogP contribution is -2.14. The average molecular weight is 686 g/mol. The Balaban J connectivity index is 1.81. The number of nitro groups is 1. The maximum Gasteiger partial charge on any atom is 0.294 e. The predicted molar refractivity (Wildman–Crippen MR) is 143 cm³/mol. The average Bonchev–Trinajstić information content (AvgIpc) is 2.78. The molecule has 0 aliphatic heterocycles. The number of hydrogen-bond acceptors (Lipinski definition) is 5. The fourth-order valence-electron chi connectivity index (χ4n) is 2.80. The van der Waals surface area contributed by atoms with Crippen LogP contribution < -0.4 is 10.1 Å². The Labute approximate surface area is 221 Å². The van der Waals surface area contributed by atoms with Crippen molar-refractivity contribution >= 4 is 80.1 Å². The van der Waals surface area contributed by atoms with E-state index in [1.807, 2.05) is 36.4 Å². The molecule has 0 aliphatic rings. The van der Waals surface area contributed by atoms with Crippen molar-refractivity contribution in [3.63, 3.8) is 0 Å². The molecule has 33 heavy (non-hydrogen) atoms. The van der Waals surface area contributed by atoms with Gasteiger partial charge in [0.15, 0.2) is 0 Å².